The molecule has 0 amide bonds. The Kier molecular flexibility index (Phi) is 3.83. The molecule has 0 spiro atoms. The Labute approximate surface area is 118 Å². The summed E-state index contributed by atoms with van der Waals surface area (Å²) in [4.78, 5) is 4.16. The molecule has 2 heterocycles. The van der Waals surface area contributed by atoms with Crippen LogP contribution >= 0.6 is 0 Å². The van der Waals surface area contributed by atoms with Crippen molar-refractivity contribution in [2.24, 2.45) is 0 Å². The molecular formula is C16H18N2O2. The lowest BCUT2D eigenvalue weighted by atomic mass is 10.1. The molecule has 1 aliphatic heterocycles. The third-order valence-corrected chi connectivity index (χ3v) is 3.43. The minimum absolute atomic E-state index is 0.617. The minimum Gasteiger partial charge on any atom is -0.486 e. The van der Waals surface area contributed by atoms with Crippen LogP contribution in [0, 0.1) is 6.92 Å². The molecule has 0 radical (unpaired) electrons. The van der Waals surface area contributed by atoms with Crippen LogP contribution in [0.1, 0.15) is 16.7 Å². The molecule has 0 fully saturated rings. The monoisotopic (exact) mass is 270 g/mol. The minimum atomic E-state index is 0.617. The largest absolute Gasteiger partial charge is 0.486 e. The lowest BCUT2D eigenvalue weighted by Gasteiger charge is -2.21. The number of hydrogen-bond donors (Lipinski definition) is 1. The summed E-state index contributed by atoms with van der Waals surface area (Å²) in [7, 11) is 0. The topological polar surface area (TPSA) is 43.4 Å². The van der Waals surface area contributed by atoms with Crippen LogP contribution in [0.5, 0.6) is 11.5 Å². The van der Waals surface area contributed by atoms with Gasteiger partial charge in [-0.2, -0.15) is 0 Å². The highest BCUT2D eigenvalue weighted by atomic mass is 16.6. The first kappa shape index (κ1) is 12.9. The van der Waals surface area contributed by atoms with E-state index in [1.807, 2.05) is 30.6 Å². The van der Waals surface area contributed by atoms with Crippen LogP contribution in [0.15, 0.2) is 36.7 Å². The van der Waals surface area contributed by atoms with Crippen LogP contribution in [0.3, 0.4) is 0 Å². The average Bonchev–Trinajstić information content (AvgIpc) is 2.49. The molecule has 1 aliphatic rings. The number of hydrogen-bond acceptors (Lipinski definition) is 4. The highest BCUT2D eigenvalue weighted by Gasteiger charge is 2.14. The van der Waals surface area contributed by atoms with Gasteiger partial charge in [0.15, 0.2) is 11.5 Å². The van der Waals surface area contributed by atoms with Gasteiger partial charge in [-0.3, -0.25) is 4.98 Å². The van der Waals surface area contributed by atoms with Crippen LogP contribution < -0.4 is 14.8 Å². The van der Waals surface area contributed by atoms with Crippen molar-refractivity contribution in [2.45, 2.75) is 20.0 Å². The molecule has 3 rings (SSSR count). The molecule has 1 aromatic carbocycles. The van der Waals surface area contributed by atoms with E-state index >= 15 is 0 Å². The molecule has 2 aromatic rings. The average molecular weight is 270 g/mol. The molecular weight excluding hydrogens is 252 g/mol. The van der Waals surface area contributed by atoms with Gasteiger partial charge < -0.3 is 14.8 Å². The van der Waals surface area contributed by atoms with Crippen molar-refractivity contribution in [2.75, 3.05) is 13.2 Å². The quantitative estimate of drug-likeness (QED) is 0.926. The number of ether oxygens (including phenoxy) is 2. The predicted octanol–water partition coefficient (Wildman–Crippen LogP) is 2.45. The zero-order chi connectivity index (χ0) is 13.8. The van der Waals surface area contributed by atoms with Gasteiger partial charge in [-0.15, -0.1) is 0 Å². The number of nitrogens with one attached hydrogen (secondary N) is 1. The van der Waals surface area contributed by atoms with Crippen molar-refractivity contribution in [3.63, 3.8) is 0 Å². The van der Waals surface area contributed by atoms with Gasteiger partial charge >= 0.3 is 0 Å². The second-order valence-electron chi connectivity index (χ2n) is 4.85. The summed E-state index contributed by atoms with van der Waals surface area (Å²) in [6, 6.07) is 8.04. The second-order valence-corrected chi connectivity index (χ2v) is 4.85. The molecule has 20 heavy (non-hydrogen) atoms. The number of benzene rings is 1. The molecule has 0 atom stereocenters. The molecule has 0 saturated carbocycles. The molecule has 0 bridgehead atoms. The maximum absolute atomic E-state index is 5.70. The number of para-hydroxylation sites is 1. The number of aromatic nitrogens is 1. The van der Waals surface area contributed by atoms with E-state index in [-0.39, 0.29) is 0 Å². The molecule has 1 aromatic heterocycles. The molecule has 1 N–H and O–H groups in total. The predicted molar refractivity (Wildman–Crippen MR) is 76.9 cm³/mol. The summed E-state index contributed by atoms with van der Waals surface area (Å²) in [6.07, 6.45) is 3.72. The first-order valence-corrected chi connectivity index (χ1v) is 6.82. The fourth-order valence-electron chi connectivity index (χ4n) is 2.29. The number of nitrogens with zero attached hydrogens (tertiary/aromatic N) is 1. The number of aryl methyl sites for hydroxylation is 1. The van der Waals surface area contributed by atoms with Crippen molar-refractivity contribution in [3.05, 3.63) is 53.3 Å². The molecule has 0 unspecified atom stereocenters. The van der Waals surface area contributed by atoms with Gasteiger partial charge in [0.2, 0.25) is 0 Å². The van der Waals surface area contributed by atoms with E-state index < -0.39 is 0 Å². The summed E-state index contributed by atoms with van der Waals surface area (Å²) in [6.45, 7) is 4.88. The molecule has 4 nitrogen and oxygen atoms in total. The fourth-order valence-corrected chi connectivity index (χ4v) is 2.29. The molecule has 4 heteroatoms. The van der Waals surface area contributed by atoms with Crippen LogP contribution in [0.25, 0.3) is 0 Å². The van der Waals surface area contributed by atoms with Crippen LogP contribution in [0.4, 0.5) is 0 Å². The van der Waals surface area contributed by atoms with Gasteiger partial charge in [0, 0.05) is 31.0 Å². The Morgan fingerprint density at radius 3 is 2.85 bits per heavy atom. The van der Waals surface area contributed by atoms with Gasteiger partial charge in [0.05, 0.1) is 0 Å². The highest BCUT2D eigenvalue weighted by molar-refractivity contribution is 5.47. The number of pyridine rings is 1. The normalized spacial score (nSPS) is 13.2. The smallest absolute Gasteiger partial charge is 0.165 e. The van der Waals surface area contributed by atoms with E-state index in [0.717, 1.165) is 30.2 Å². The van der Waals surface area contributed by atoms with Gasteiger partial charge in [-0.25, -0.2) is 0 Å². The molecule has 104 valence electrons. The van der Waals surface area contributed by atoms with Gasteiger partial charge in [0.25, 0.3) is 0 Å². The highest BCUT2D eigenvalue weighted by Crippen LogP contribution is 2.33. The summed E-state index contributed by atoms with van der Waals surface area (Å²) in [5, 5.41) is 3.43. The zero-order valence-corrected chi connectivity index (χ0v) is 11.6. The first-order valence-electron chi connectivity index (χ1n) is 6.82. The number of fused-ring (bicyclic) bond motifs is 1. The van der Waals surface area contributed by atoms with E-state index in [1.165, 1.54) is 11.1 Å². The standard InChI is InChI=1S/C16H18N2O2/c1-12-5-6-17-10-14(12)11-18-9-13-3-2-4-15-16(13)20-8-7-19-15/h2-6,10,18H,7-9,11H2,1H3. The second kappa shape index (κ2) is 5.92. The van der Waals surface area contributed by atoms with Crippen LogP contribution in [0.2, 0.25) is 0 Å². The van der Waals surface area contributed by atoms with E-state index in [9.17, 15) is 0 Å². The molecule has 0 aliphatic carbocycles. The van der Waals surface area contributed by atoms with E-state index in [1.54, 1.807) is 0 Å². The van der Waals surface area contributed by atoms with Crippen molar-refractivity contribution < 1.29 is 9.47 Å². The summed E-state index contributed by atoms with van der Waals surface area (Å²) >= 11 is 0. The van der Waals surface area contributed by atoms with E-state index in [4.69, 9.17) is 9.47 Å². The third-order valence-electron chi connectivity index (χ3n) is 3.43. The van der Waals surface area contributed by atoms with Crippen LogP contribution in [-0.4, -0.2) is 18.2 Å². The Bertz CT molecular complexity index is 599. The Hall–Kier alpha value is -2.07. The molecule has 0 saturated heterocycles. The van der Waals surface area contributed by atoms with Crippen molar-refractivity contribution in [1.82, 2.24) is 10.3 Å². The van der Waals surface area contributed by atoms with Crippen molar-refractivity contribution >= 4 is 0 Å². The number of rotatable bonds is 4. The van der Waals surface area contributed by atoms with E-state index in [2.05, 4.69) is 23.3 Å². The zero-order valence-electron chi connectivity index (χ0n) is 11.6. The maximum atomic E-state index is 5.70. The van der Waals surface area contributed by atoms with Gasteiger partial charge in [-0.1, -0.05) is 12.1 Å². The SMILES string of the molecule is Cc1ccncc1CNCc1cccc2c1OCCO2. The van der Waals surface area contributed by atoms with Crippen molar-refractivity contribution in [1.29, 1.82) is 0 Å². The van der Waals surface area contributed by atoms with E-state index in [0.29, 0.717) is 13.2 Å². The summed E-state index contributed by atoms with van der Waals surface area (Å²) < 4.78 is 11.3. The lowest BCUT2D eigenvalue weighted by Crippen LogP contribution is -2.19. The van der Waals surface area contributed by atoms with Crippen molar-refractivity contribution in [3.8, 4) is 11.5 Å². The maximum Gasteiger partial charge on any atom is 0.165 e. The lowest BCUT2D eigenvalue weighted by molar-refractivity contribution is 0.169. The third kappa shape index (κ3) is 2.75. The Morgan fingerprint density at radius 1 is 1.10 bits per heavy atom. The van der Waals surface area contributed by atoms with Gasteiger partial charge in [0.1, 0.15) is 13.2 Å². The summed E-state index contributed by atoms with van der Waals surface area (Å²) in [5.74, 6) is 1.71. The van der Waals surface area contributed by atoms with Gasteiger partial charge in [-0.05, 0) is 30.2 Å². The first-order chi connectivity index (χ1) is 9.84. The fraction of sp³-hybridized carbons (Fsp3) is 0.312. The van der Waals surface area contributed by atoms with Crippen LogP contribution in [-0.2, 0) is 13.1 Å². The Balaban J connectivity index is 1.66. The Morgan fingerprint density at radius 2 is 1.95 bits per heavy atom. The summed E-state index contributed by atoms with van der Waals surface area (Å²) in [5.41, 5.74) is 3.60.